The average molecular weight is 628 g/mol. The summed E-state index contributed by atoms with van der Waals surface area (Å²) in [5, 5.41) is 11.9. The summed E-state index contributed by atoms with van der Waals surface area (Å²) in [6.07, 6.45) is -0.645. The number of fused-ring (bicyclic) bond motifs is 1. The molecule has 2 aliphatic rings. The molecule has 45 heavy (non-hydrogen) atoms. The second kappa shape index (κ2) is 12.8. The molecule has 0 saturated heterocycles. The number of imide groups is 1. The highest BCUT2D eigenvalue weighted by Crippen LogP contribution is 2.35. The van der Waals surface area contributed by atoms with Crippen LogP contribution in [0.15, 0.2) is 48.7 Å². The number of halogens is 3. The quantitative estimate of drug-likeness (QED) is 0.220. The van der Waals surface area contributed by atoms with Crippen LogP contribution < -0.4 is 15.0 Å². The van der Waals surface area contributed by atoms with Gasteiger partial charge < -0.3 is 24.8 Å². The standard InChI is InChI=1S/C30H28F3N5O7/c1-2-44-24(39)16-37(19-7-3-4-8-19)25-18(15-38-26(40)20-9-5-6-10-21(20)27(38)41)14-34-29(36-25)35-22-12-11-17(28(42)43)13-23(22)45-30(31,32)33/h5-6,9-14,19H,2-4,7-8,15-16H2,1H3,(H,42,43)(H,34,35,36). The van der Waals surface area contributed by atoms with E-state index in [1.807, 2.05) is 0 Å². The van der Waals surface area contributed by atoms with Gasteiger partial charge in [0.05, 0.1) is 35.5 Å². The fourth-order valence-electron chi connectivity index (χ4n) is 5.40. The Labute approximate surface area is 254 Å². The second-order valence-corrected chi connectivity index (χ2v) is 10.3. The zero-order valence-corrected chi connectivity index (χ0v) is 24.0. The van der Waals surface area contributed by atoms with Crippen LogP contribution in [-0.2, 0) is 16.1 Å². The number of nitrogens with zero attached hydrogens (tertiary/aromatic N) is 4. The molecule has 12 nitrogen and oxygen atoms in total. The average Bonchev–Trinajstić information content (AvgIpc) is 3.61. The predicted octanol–water partition coefficient (Wildman–Crippen LogP) is 4.93. The maximum absolute atomic E-state index is 13.2. The van der Waals surface area contributed by atoms with E-state index in [1.54, 1.807) is 36.1 Å². The summed E-state index contributed by atoms with van der Waals surface area (Å²) in [5.41, 5.74) is 0.0573. The van der Waals surface area contributed by atoms with Crippen molar-refractivity contribution in [2.75, 3.05) is 23.4 Å². The summed E-state index contributed by atoms with van der Waals surface area (Å²) < 4.78 is 48.8. The molecule has 0 atom stereocenters. The minimum atomic E-state index is -5.13. The SMILES string of the molecule is CCOC(=O)CN(c1nc(Nc2ccc(C(=O)O)cc2OC(F)(F)F)ncc1CN1C(=O)c2ccccc2C1=O)C1CCCC1. The van der Waals surface area contributed by atoms with Crippen LogP contribution >= 0.6 is 0 Å². The minimum absolute atomic E-state index is 0.129. The minimum Gasteiger partial charge on any atom is -0.478 e. The van der Waals surface area contributed by atoms with Crippen LogP contribution in [0.2, 0.25) is 0 Å². The molecule has 1 aromatic heterocycles. The Bertz CT molecular complexity index is 1610. The number of rotatable bonds is 11. The molecule has 3 aromatic rings. The number of hydrogen-bond acceptors (Lipinski definition) is 10. The first-order chi connectivity index (χ1) is 21.4. The summed E-state index contributed by atoms with van der Waals surface area (Å²) in [5.74, 6) is -3.92. The van der Waals surface area contributed by atoms with E-state index in [0.29, 0.717) is 24.5 Å². The predicted molar refractivity (Wildman–Crippen MR) is 152 cm³/mol. The number of aromatic nitrogens is 2. The highest BCUT2D eigenvalue weighted by atomic mass is 19.4. The van der Waals surface area contributed by atoms with Crippen LogP contribution in [0, 0.1) is 0 Å². The lowest BCUT2D eigenvalue weighted by Gasteiger charge is -2.31. The van der Waals surface area contributed by atoms with Gasteiger partial charge in [-0.1, -0.05) is 25.0 Å². The molecule has 0 radical (unpaired) electrons. The first-order valence-corrected chi connectivity index (χ1v) is 14.1. The van der Waals surface area contributed by atoms with Gasteiger partial charge in [0, 0.05) is 17.8 Å². The summed E-state index contributed by atoms with van der Waals surface area (Å²) in [6.45, 7) is 1.32. The van der Waals surface area contributed by atoms with E-state index in [0.717, 1.165) is 29.9 Å². The van der Waals surface area contributed by atoms with Crippen LogP contribution in [0.1, 0.15) is 69.2 Å². The molecule has 2 heterocycles. The Kier molecular flexibility index (Phi) is 8.88. The molecule has 5 rings (SSSR count). The third-order valence-electron chi connectivity index (χ3n) is 7.39. The van der Waals surface area contributed by atoms with E-state index < -0.39 is 41.4 Å². The van der Waals surface area contributed by atoms with Gasteiger partial charge in [0.1, 0.15) is 12.4 Å². The Morgan fingerprint density at radius 3 is 2.36 bits per heavy atom. The van der Waals surface area contributed by atoms with Gasteiger partial charge in [0.15, 0.2) is 5.75 Å². The van der Waals surface area contributed by atoms with Crippen molar-refractivity contribution in [3.05, 3.63) is 70.9 Å². The maximum Gasteiger partial charge on any atom is 0.573 e. The largest absolute Gasteiger partial charge is 0.573 e. The number of amides is 2. The molecule has 2 N–H and O–H groups in total. The lowest BCUT2D eigenvalue weighted by Crippen LogP contribution is -2.40. The van der Waals surface area contributed by atoms with E-state index >= 15 is 0 Å². The van der Waals surface area contributed by atoms with Crippen LogP contribution in [0.5, 0.6) is 5.75 Å². The van der Waals surface area contributed by atoms with Crippen LogP contribution in [0.4, 0.5) is 30.6 Å². The number of carboxylic acid groups (broad SMARTS) is 1. The number of nitrogens with one attached hydrogen (secondary N) is 1. The first-order valence-electron chi connectivity index (χ1n) is 14.1. The lowest BCUT2D eigenvalue weighted by atomic mass is 10.1. The molecule has 0 bridgehead atoms. The summed E-state index contributed by atoms with van der Waals surface area (Å²) in [6, 6.07) is 9.07. The molecule has 236 valence electrons. The molecule has 0 spiro atoms. The van der Waals surface area contributed by atoms with Gasteiger partial charge in [-0.3, -0.25) is 19.3 Å². The fourth-order valence-corrected chi connectivity index (χ4v) is 5.40. The molecule has 1 aliphatic heterocycles. The van der Waals surface area contributed by atoms with E-state index in [4.69, 9.17) is 4.74 Å². The monoisotopic (exact) mass is 627 g/mol. The van der Waals surface area contributed by atoms with Crippen molar-refractivity contribution in [3.8, 4) is 5.75 Å². The van der Waals surface area contributed by atoms with Gasteiger partial charge in [-0.15, -0.1) is 13.2 Å². The van der Waals surface area contributed by atoms with Gasteiger partial charge in [0.25, 0.3) is 11.8 Å². The van der Waals surface area contributed by atoms with Crippen molar-refractivity contribution in [1.82, 2.24) is 14.9 Å². The van der Waals surface area contributed by atoms with E-state index in [-0.39, 0.29) is 54.3 Å². The smallest absolute Gasteiger partial charge is 0.478 e. The van der Waals surface area contributed by atoms with Crippen molar-refractivity contribution in [3.63, 3.8) is 0 Å². The third kappa shape index (κ3) is 6.97. The molecular weight excluding hydrogens is 599 g/mol. The fraction of sp³-hybridized carbons (Fsp3) is 0.333. The number of carbonyl (C=O) groups excluding carboxylic acids is 3. The van der Waals surface area contributed by atoms with Crippen molar-refractivity contribution in [2.45, 2.75) is 51.6 Å². The van der Waals surface area contributed by atoms with Gasteiger partial charge in [-0.25, -0.2) is 9.78 Å². The summed E-state index contributed by atoms with van der Waals surface area (Å²) in [4.78, 5) is 62.0. The Morgan fingerprint density at radius 2 is 1.76 bits per heavy atom. The van der Waals surface area contributed by atoms with Crippen LogP contribution in [0.3, 0.4) is 0 Å². The zero-order chi connectivity index (χ0) is 32.3. The van der Waals surface area contributed by atoms with E-state index in [2.05, 4.69) is 20.0 Å². The molecule has 1 aliphatic carbocycles. The van der Waals surface area contributed by atoms with Gasteiger partial charge in [-0.05, 0) is 50.1 Å². The Morgan fingerprint density at radius 1 is 1.09 bits per heavy atom. The highest BCUT2D eigenvalue weighted by molar-refractivity contribution is 6.21. The number of hydrogen-bond donors (Lipinski definition) is 2. The van der Waals surface area contributed by atoms with Crippen molar-refractivity contribution >= 4 is 41.2 Å². The number of anilines is 3. The van der Waals surface area contributed by atoms with Crippen LogP contribution in [0.25, 0.3) is 0 Å². The van der Waals surface area contributed by atoms with E-state index in [1.165, 1.54) is 6.20 Å². The number of benzene rings is 2. The number of ether oxygens (including phenoxy) is 2. The van der Waals surface area contributed by atoms with Gasteiger partial charge in [-0.2, -0.15) is 4.98 Å². The molecular formula is C30H28F3N5O7. The van der Waals surface area contributed by atoms with Crippen molar-refractivity contribution < 1.29 is 46.9 Å². The lowest BCUT2D eigenvalue weighted by molar-refractivity contribution is -0.274. The van der Waals surface area contributed by atoms with E-state index in [9.17, 15) is 37.5 Å². The van der Waals surface area contributed by atoms with Crippen molar-refractivity contribution in [2.24, 2.45) is 0 Å². The number of alkyl halides is 3. The summed E-state index contributed by atoms with van der Waals surface area (Å²) >= 11 is 0. The molecule has 2 amide bonds. The van der Waals surface area contributed by atoms with Gasteiger partial charge >= 0.3 is 18.3 Å². The molecule has 15 heteroatoms. The number of aromatic carboxylic acids is 1. The molecule has 0 unspecified atom stereocenters. The highest BCUT2D eigenvalue weighted by Gasteiger charge is 2.37. The topological polar surface area (TPSA) is 151 Å². The molecule has 2 aromatic carbocycles. The summed E-state index contributed by atoms with van der Waals surface area (Å²) in [7, 11) is 0. The molecule has 1 fully saturated rings. The Hall–Kier alpha value is -5.21. The van der Waals surface area contributed by atoms with Gasteiger partial charge in [0.2, 0.25) is 5.95 Å². The normalized spacial score (nSPS) is 14.8. The zero-order valence-electron chi connectivity index (χ0n) is 24.0. The first kappa shape index (κ1) is 31.2. The number of esters is 1. The number of carbonyl (C=O) groups is 4. The maximum atomic E-state index is 13.2. The number of carboxylic acids is 1. The van der Waals surface area contributed by atoms with Crippen molar-refractivity contribution in [1.29, 1.82) is 0 Å². The third-order valence-corrected chi connectivity index (χ3v) is 7.39. The molecule has 1 saturated carbocycles. The second-order valence-electron chi connectivity index (χ2n) is 10.3. The van der Waals surface area contributed by atoms with Crippen LogP contribution in [-0.4, -0.2) is 69.3 Å². The Balaban J connectivity index is 1.56.